The summed E-state index contributed by atoms with van der Waals surface area (Å²) in [5.74, 6) is 0. The Labute approximate surface area is 368 Å². The van der Waals surface area contributed by atoms with Crippen LogP contribution in [0.25, 0.3) is 102 Å². The van der Waals surface area contributed by atoms with Gasteiger partial charge in [-0.1, -0.05) is 176 Å². The van der Waals surface area contributed by atoms with E-state index in [0.29, 0.717) is 0 Å². The maximum atomic E-state index is 2.44. The van der Waals surface area contributed by atoms with E-state index in [2.05, 4.69) is 240 Å². The van der Waals surface area contributed by atoms with Crippen LogP contribution in [0.4, 0.5) is 17.1 Å². The summed E-state index contributed by atoms with van der Waals surface area (Å²) in [5, 5.41) is 11.4. The van der Waals surface area contributed by atoms with Crippen molar-refractivity contribution in [2.75, 3.05) is 4.90 Å². The van der Waals surface area contributed by atoms with Crippen LogP contribution in [-0.4, -0.2) is 4.40 Å². The standard InChI is InChI=1S/C60H38N2S/c1-2-16-42(17-3-1)56-53-27-10-11-38-61(53)59-50-22-7-6-21-49(50)57-47(24-13-26-52(57)58(56)59)41-32-36-44(37-33-41)62(54-28-14-25-51-48-20-8-9-29-55(48)63-60(51)54)43-34-30-40(31-35-43)46-23-12-18-39-15-4-5-19-45(39)46/h1-38H. The number of pyridine rings is 1. The van der Waals surface area contributed by atoms with Crippen LogP contribution < -0.4 is 4.90 Å². The number of thiophene rings is 1. The largest absolute Gasteiger partial charge is 0.315 e. The van der Waals surface area contributed by atoms with Crippen molar-refractivity contribution in [1.82, 2.24) is 4.40 Å². The molecular weight excluding hydrogens is 781 g/mol. The van der Waals surface area contributed by atoms with Gasteiger partial charge < -0.3 is 9.30 Å². The zero-order valence-corrected chi connectivity index (χ0v) is 35.1. The van der Waals surface area contributed by atoms with Gasteiger partial charge in [0.25, 0.3) is 0 Å². The topological polar surface area (TPSA) is 7.65 Å². The highest BCUT2D eigenvalue weighted by molar-refractivity contribution is 7.26. The number of rotatable bonds is 6. The van der Waals surface area contributed by atoms with Crippen LogP contribution >= 0.6 is 11.3 Å². The molecule has 2 nitrogen and oxygen atoms in total. The molecule has 13 rings (SSSR count). The summed E-state index contributed by atoms with van der Waals surface area (Å²) in [7, 11) is 0. The molecule has 0 saturated heterocycles. The Kier molecular flexibility index (Phi) is 8.12. The summed E-state index contributed by atoms with van der Waals surface area (Å²) in [4.78, 5) is 2.44. The van der Waals surface area contributed by atoms with Crippen molar-refractivity contribution in [2.45, 2.75) is 0 Å². The van der Waals surface area contributed by atoms with E-state index in [-0.39, 0.29) is 0 Å². The highest BCUT2D eigenvalue weighted by Gasteiger charge is 2.22. The first kappa shape index (κ1) is 35.7. The second-order valence-electron chi connectivity index (χ2n) is 16.4. The minimum Gasteiger partial charge on any atom is -0.315 e. The summed E-state index contributed by atoms with van der Waals surface area (Å²) >= 11 is 1.87. The van der Waals surface area contributed by atoms with Crippen molar-refractivity contribution in [3.63, 3.8) is 0 Å². The van der Waals surface area contributed by atoms with Gasteiger partial charge in [-0.3, -0.25) is 0 Å². The third-order valence-corrected chi connectivity index (χ3v) is 14.2. The monoisotopic (exact) mass is 818 g/mol. The highest BCUT2D eigenvalue weighted by atomic mass is 32.1. The number of nitrogens with zero attached hydrogens (tertiary/aromatic N) is 2. The maximum Gasteiger partial charge on any atom is 0.0640 e. The van der Waals surface area contributed by atoms with E-state index in [4.69, 9.17) is 0 Å². The quantitative estimate of drug-likeness (QED) is 0.152. The van der Waals surface area contributed by atoms with Gasteiger partial charge >= 0.3 is 0 Å². The Hall–Kier alpha value is -7.98. The first-order chi connectivity index (χ1) is 31.3. The van der Waals surface area contributed by atoms with Gasteiger partial charge in [0.15, 0.2) is 0 Å². The van der Waals surface area contributed by atoms with E-state index in [1.807, 2.05) is 11.3 Å². The Bertz CT molecular complexity index is 3890. The van der Waals surface area contributed by atoms with Crippen LogP contribution in [0.15, 0.2) is 231 Å². The molecular formula is C60H38N2S. The third-order valence-electron chi connectivity index (χ3n) is 13.0. The van der Waals surface area contributed by atoms with Crippen LogP contribution in [0.1, 0.15) is 0 Å². The van der Waals surface area contributed by atoms with Gasteiger partial charge in [-0.15, -0.1) is 11.3 Å². The second kappa shape index (κ2) is 14.3. The summed E-state index contributed by atoms with van der Waals surface area (Å²) in [6.07, 6.45) is 2.22. The summed E-state index contributed by atoms with van der Waals surface area (Å²) < 4.78 is 4.96. The minimum atomic E-state index is 1.11. The predicted molar refractivity (Wildman–Crippen MR) is 271 cm³/mol. The molecule has 294 valence electrons. The van der Waals surface area contributed by atoms with Crippen molar-refractivity contribution < 1.29 is 0 Å². The van der Waals surface area contributed by atoms with E-state index in [9.17, 15) is 0 Å². The lowest BCUT2D eigenvalue weighted by atomic mass is 9.89. The first-order valence-electron chi connectivity index (χ1n) is 21.6. The number of aromatic nitrogens is 1. The van der Waals surface area contributed by atoms with Crippen molar-refractivity contribution in [3.05, 3.63) is 231 Å². The number of hydrogen-bond donors (Lipinski definition) is 0. The maximum absolute atomic E-state index is 2.44. The molecule has 0 amide bonds. The van der Waals surface area contributed by atoms with Crippen LogP contribution in [-0.2, 0) is 0 Å². The fourth-order valence-electron chi connectivity index (χ4n) is 10.2. The molecule has 0 saturated carbocycles. The van der Waals surface area contributed by atoms with Crippen molar-refractivity contribution in [3.8, 4) is 33.4 Å². The van der Waals surface area contributed by atoms with Crippen LogP contribution in [0.5, 0.6) is 0 Å². The fourth-order valence-corrected chi connectivity index (χ4v) is 11.4. The van der Waals surface area contributed by atoms with Gasteiger partial charge in [-0.05, 0) is 103 Å². The number of anilines is 3. The average Bonchev–Trinajstić information content (AvgIpc) is 3.92. The summed E-state index contributed by atoms with van der Waals surface area (Å²) in [6.45, 7) is 0. The van der Waals surface area contributed by atoms with Crippen molar-refractivity contribution in [1.29, 1.82) is 0 Å². The molecule has 3 heteroatoms. The highest BCUT2D eigenvalue weighted by Crippen LogP contribution is 2.48. The molecule has 0 fully saturated rings. The smallest absolute Gasteiger partial charge is 0.0640 e. The normalized spacial score (nSPS) is 11.8. The Balaban J connectivity index is 1.00. The van der Waals surface area contributed by atoms with E-state index in [1.165, 1.54) is 108 Å². The van der Waals surface area contributed by atoms with Gasteiger partial charge in [0.1, 0.15) is 0 Å². The van der Waals surface area contributed by atoms with Gasteiger partial charge in [-0.25, -0.2) is 0 Å². The van der Waals surface area contributed by atoms with E-state index >= 15 is 0 Å². The molecule has 0 aliphatic carbocycles. The van der Waals surface area contributed by atoms with Gasteiger partial charge in [0, 0.05) is 49.4 Å². The molecule has 10 aromatic carbocycles. The van der Waals surface area contributed by atoms with Gasteiger partial charge in [0.2, 0.25) is 0 Å². The SMILES string of the molecule is c1ccc(-c2c3c4cccc(-c5ccc(N(c6ccc(-c7cccc8ccccc78)cc6)c6cccc7c6sc6ccccc67)cc5)c4c4ccccc4c3n3ccccc23)cc1. The van der Waals surface area contributed by atoms with E-state index in [1.54, 1.807) is 0 Å². The van der Waals surface area contributed by atoms with Gasteiger partial charge in [0.05, 0.1) is 21.4 Å². The van der Waals surface area contributed by atoms with Crippen LogP contribution in [0.2, 0.25) is 0 Å². The summed E-state index contributed by atoms with van der Waals surface area (Å²) in [5.41, 5.74) is 13.2. The lowest BCUT2D eigenvalue weighted by molar-refractivity contribution is 1.26. The lowest BCUT2D eigenvalue weighted by Crippen LogP contribution is -2.10. The van der Waals surface area contributed by atoms with Crippen LogP contribution in [0, 0.1) is 0 Å². The molecule has 0 atom stereocenters. The molecule has 0 N–H and O–H groups in total. The van der Waals surface area contributed by atoms with E-state index in [0.717, 1.165) is 11.4 Å². The van der Waals surface area contributed by atoms with Gasteiger partial charge in [-0.2, -0.15) is 0 Å². The fraction of sp³-hybridized carbons (Fsp3) is 0. The number of fused-ring (bicyclic) bond motifs is 12. The molecule has 3 aromatic heterocycles. The average molecular weight is 819 g/mol. The Morgan fingerprint density at radius 1 is 0.365 bits per heavy atom. The molecule has 0 unspecified atom stereocenters. The molecule has 13 aromatic rings. The molecule has 0 aliphatic heterocycles. The Morgan fingerprint density at radius 2 is 0.952 bits per heavy atom. The molecule has 3 heterocycles. The molecule has 0 radical (unpaired) electrons. The van der Waals surface area contributed by atoms with Crippen molar-refractivity contribution in [2.24, 2.45) is 0 Å². The van der Waals surface area contributed by atoms with E-state index < -0.39 is 0 Å². The zero-order chi connectivity index (χ0) is 41.4. The third kappa shape index (κ3) is 5.57. The number of benzene rings is 10. The first-order valence-corrected chi connectivity index (χ1v) is 22.4. The van der Waals surface area contributed by atoms with Crippen LogP contribution in [0.3, 0.4) is 0 Å². The predicted octanol–water partition coefficient (Wildman–Crippen LogP) is 17.4. The lowest BCUT2D eigenvalue weighted by Gasteiger charge is -2.26. The molecule has 63 heavy (non-hydrogen) atoms. The minimum absolute atomic E-state index is 1.11. The Morgan fingerprint density at radius 3 is 1.76 bits per heavy atom. The zero-order valence-electron chi connectivity index (χ0n) is 34.2. The van der Waals surface area contributed by atoms with Crippen molar-refractivity contribution >= 4 is 97.3 Å². The summed E-state index contributed by atoms with van der Waals surface area (Å²) in [6, 6.07) is 82.4. The molecule has 0 aliphatic rings. The number of hydrogen-bond acceptors (Lipinski definition) is 2. The molecule has 0 spiro atoms. The molecule has 0 bridgehead atoms. The second-order valence-corrected chi connectivity index (χ2v) is 17.5.